The molecule has 0 aromatic heterocycles. The molecule has 1 saturated heterocycles. The van der Waals surface area contributed by atoms with E-state index in [0.29, 0.717) is 29.9 Å². The molecule has 2 saturated carbocycles. The molecule has 1 amide bonds. The lowest BCUT2D eigenvalue weighted by atomic mass is 9.93. The van der Waals surface area contributed by atoms with Crippen molar-refractivity contribution in [3.63, 3.8) is 0 Å². The molecule has 1 N–H and O–H groups in total. The lowest BCUT2D eigenvalue weighted by molar-refractivity contribution is -0.127. The van der Waals surface area contributed by atoms with Gasteiger partial charge in [-0.1, -0.05) is 24.6 Å². The molecule has 1 aromatic rings. The maximum atomic E-state index is 12.8. The number of hydrogen-bond donors (Lipinski definition) is 1. The minimum absolute atomic E-state index is 0.0468. The van der Waals surface area contributed by atoms with E-state index in [2.05, 4.69) is 5.32 Å². The van der Waals surface area contributed by atoms with Gasteiger partial charge < -0.3 is 5.32 Å². The Morgan fingerprint density at radius 2 is 1.88 bits per heavy atom. The van der Waals surface area contributed by atoms with Crippen molar-refractivity contribution >= 4 is 15.9 Å². The van der Waals surface area contributed by atoms with Crippen molar-refractivity contribution in [3.8, 4) is 0 Å². The van der Waals surface area contributed by atoms with Gasteiger partial charge in [0.25, 0.3) is 0 Å². The van der Waals surface area contributed by atoms with Crippen LogP contribution in [0.2, 0.25) is 0 Å². The Hall–Kier alpha value is -1.40. The molecule has 3 fully saturated rings. The van der Waals surface area contributed by atoms with Gasteiger partial charge in [0, 0.05) is 19.1 Å². The van der Waals surface area contributed by atoms with Crippen LogP contribution in [0.4, 0.5) is 0 Å². The first-order valence-electron chi connectivity index (χ1n) is 9.39. The van der Waals surface area contributed by atoms with Gasteiger partial charge in [-0.2, -0.15) is 4.31 Å². The van der Waals surface area contributed by atoms with Crippen LogP contribution in [0.15, 0.2) is 35.2 Å². The number of amides is 1. The third-order valence-corrected chi connectivity index (χ3v) is 8.08. The third kappa shape index (κ3) is 3.34. The van der Waals surface area contributed by atoms with Crippen LogP contribution >= 0.6 is 0 Å². The van der Waals surface area contributed by atoms with Crippen LogP contribution in [0.1, 0.15) is 38.5 Å². The molecule has 2 bridgehead atoms. The fraction of sp³-hybridized carbons (Fsp3) is 0.632. The molecule has 2 aliphatic carbocycles. The zero-order valence-corrected chi connectivity index (χ0v) is 15.2. The van der Waals surface area contributed by atoms with E-state index < -0.39 is 10.0 Å². The maximum absolute atomic E-state index is 12.8. The largest absolute Gasteiger partial charge is 0.353 e. The normalized spacial score (nSPS) is 32.6. The highest BCUT2D eigenvalue weighted by molar-refractivity contribution is 7.89. The molecular formula is C19H26N2O3S. The molecule has 25 heavy (non-hydrogen) atoms. The van der Waals surface area contributed by atoms with Crippen LogP contribution in [0, 0.1) is 17.8 Å². The third-order valence-electron chi connectivity index (χ3n) is 6.20. The molecule has 5 nitrogen and oxygen atoms in total. The summed E-state index contributed by atoms with van der Waals surface area (Å²) in [5.74, 6) is 1.25. The Morgan fingerprint density at radius 3 is 2.56 bits per heavy atom. The number of rotatable bonds is 4. The molecule has 4 atom stereocenters. The van der Waals surface area contributed by atoms with Crippen molar-refractivity contribution in [1.82, 2.24) is 9.62 Å². The van der Waals surface area contributed by atoms with Gasteiger partial charge in [0.05, 0.1) is 10.8 Å². The molecule has 6 heteroatoms. The number of carbonyl (C=O) groups is 1. The van der Waals surface area contributed by atoms with Crippen LogP contribution in [0.5, 0.6) is 0 Å². The van der Waals surface area contributed by atoms with E-state index in [9.17, 15) is 13.2 Å². The van der Waals surface area contributed by atoms with E-state index in [1.165, 1.54) is 23.6 Å². The Kier molecular flexibility index (Phi) is 4.58. The van der Waals surface area contributed by atoms with E-state index in [0.717, 1.165) is 25.2 Å². The second-order valence-electron chi connectivity index (χ2n) is 7.81. The molecule has 0 spiro atoms. The molecular weight excluding hydrogens is 336 g/mol. The molecule has 1 aromatic carbocycles. The second kappa shape index (κ2) is 6.72. The van der Waals surface area contributed by atoms with E-state index in [1.54, 1.807) is 30.3 Å². The van der Waals surface area contributed by atoms with Gasteiger partial charge in [0.15, 0.2) is 0 Å². The van der Waals surface area contributed by atoms with Crippen molar-refractivity contribution in [1.29, 1.82) is 0 Å². The van der Waals surface area contributed by atoms with Crippen molar-refractivity contribution in [2.75, 3.05) is 13.1 Å². The average molecular weight is 362 g/mol. The first kappa shape index (κ1) is 17.0. The van der Waals surface area contributed by atoms with Crippen LogP contribution in [0.3, 0.4) is 0 Å². The molecule has 0 radical (unpaired) electrons. The van der Waals surface area contributed by atoms with Crippen LogP contribution in [0.25, 0.3) is 0 Å². The fourth-order valence-electron chi connectivity index (χ4n) is 4.84. The molecule has 4 rings (SSSR count). The fourth-order valence-corrected chi connectivity index (χ4v) is 6.38. The van der Waals surface area contributed by atoms with Gasteiger partial charge in [-0.3, -0.25) is 4.79 Å². The summed E-state index contributed by atoms with van der Waals surface area (Å²) in [5, 5.41) is 3.23. The van der Waals surface area contributed by atoms with Gasteiger partial charge in [0.1, 0.15) is 0 Å². The first-order valence-corrected chi connectivity index (χ1v) is 10.8. The van der Waals surface area contributed by atoms with Crippen molar-refractivity contribution < 1.29 is 13.2 Å². The number of nitrogens with zero attached hydrogens (tertiary/aromatic N) is 1. The zero-order valence-electron chi connectivity index (χ0n) is 14.4. The van der Waals surface area contributed by atoms with Crippen LogP contribution in [-0.4, -0.2) is 37.8 Å². The Morgan fingerprint density at radius 1 is 1.08 bits per heavy atom. The summed E-state index contributed by atoms with van der Waals surface area (Å²) >= 11 is 0. The number of piperidine rings is 1. The number of benzene rings is 1. The standard InChI is InChI=1S/C19H26N2O3S/c22-19(20-18-12-14-8-9-15(18)11-14)16-5-4-10-21(13-16)25(23,24)17-6-2-1-3-7-17/h1-3,6-7,14-16,18H,4-5,8-13H2,(H,20,22)/t14-,15-,16-,18+/m1/s1. The second-order valence-corrected chi connectivity index (χ2v) is 9.74. The quantitative estimate of drug-likeness (QED) is 0.894. The van der Waals surface area contributed by atoms with Crippen molar-refractivity contribution in [2.24, 2.45) is 17.8 Å². The number of fused-ring (bicyclic) bond motifs is 2. The number of nitrogens with one attached hydrogen (secondary N) is 1. The first-order chi connectivity index (χ1) is 12.0. The summed E-state index contributed by atoms with van der Waals surface area (Å²) in [6, 6.07) is 8.82. The highest BCUT2D eigenvalue weighted by Gasteiger charge is 2.41. The summed E-state index contributed by atoms with van der Waals surface area (Å²) in [5.41, 5.74) is 0. The SMILES string of the molecule is O=C(N[C@H]1C[C@@H]2CC[C@@H]1C2)[C@@H]1CCCN(S(=O)(=O)c2ccccc2)C1. The molecule has 136 valence electrons. The van der Waals surface area contributed by atoms with E-state index in [4.69, 9.17) is 0 Å². The van der Waals surface area contributed by atoms with Gasteiger partial charge in [-0.05, 0) is 56.1 Å². The van der Waals surface area contributed by atoms with Gasteiger partial charge >= 0.3 is 0 Å². The van der Waals surface area contributed by atoms with Crippen LogP contribution in [-0.2, 0) is 14.8 Å². The van der Waals surface area contributed by atoms with E-state index in [-0.39, 0.29) is 11.8 Å². The van der Waals surface area contributed by atoms with Crippen LogP contribution < -0.4 is 5.32 Å². The van der Waals surface area contributed by atoms with Crippen molar-refractivity contribution in [2.45, 2.75) is 49.5 Å². The lowest BCUT2D eigenvalue weighted by Gasteiger charge is -2.32. The molecule has 1 aliphatic heterocycles. The Bertz CT molecular complexity index is 734. The highest BCUT2D eigenvalue weighted by atomic mass is 32.2. The summed E-state index contributed by atoms with van der Waals surface area (Å²) in [6.07, 6.45) is 6.41. The van der Waals surface area contributed by atoms with Crippen molar-refractivity contribution in [3.05, 3.63) is 30.3 Å². The smallest absolute Gasteiger partial charge is 0.243 e. The predicted octanol–water partition coefficient (Wildman–Crippen LogP) is 2.39. The minimum atomic E-state index is -3.51. The number of hydrogen-bond acceptors (Lipinski definition) is 3. The minimum Gasteiger partial charge on any atom is -0.353 e. The monoisotopic (exact) mass is 362 g/mol. The molecule has 3 aliphatic rings. The van der Waals surface area contributed by atoms with Gasteiger partial charge in [-0.25, -0.2) is 8.42 Å². The van der Waals surface area contributed by atoms with Gasteiger partial charge in [-0.15, -0.1) is 0 Å². The summed E-state index contributed by atoms with van der Waals surface area (Å²) in [4.78, 5) is 13.0. The zero-order chi connectivity index (χ0) is 17.4. The number of carbonyl (C=O) groups excluding carboxylic acids is 1. The lowest BCUT2D eigenvalue weighted by Crippen LogP contribution is -2.48. The topological polar surface area (TPSA) is 66.5 Å². The molecule has 1 heterocycles. The summed E-state index contributed by atoms with van der Waals surface area (Å²) in [6.45, 7) is 0.791. The van der Waals surface area contributed by atoms with Gasteiger partial charge in [0.2, 0.25) is 15.9 Å². The number of sulfonamides is 1. The summed E-state index contributed by atoms with van der Waals surface area (Å²) in [7, 11) is -3.51. The highest BCUT2D eigenvalue weighted by Crippen LogP contribution is 2.44. The average Bonchev–Trinajstić information content (AvgIpc) is 3.25. The van der Waals surface area contributed by atoms with E-state index in [1.807, 2.05) is 0 Å². The Balaban J connectivity index is 1.41. The van der Waals surface area contributed by atoms with E-state index >= 15 is 0 Å². The Labute approximate surface area is 149 Å². The maximum Gasteiger partial charge on any atom is 0.243 e. The predicted molar refractivity (Wildman–Crippen MR) is 95.3 cm³/mol. The molecule has 0 unspecified atom stereocenters. The summed E-state index contributed by atoms with van der Waals surface area (Å²) < 4.78 is 27.1.